The Hall–Kier alpha value is -2.90. The summed E-state index contributed by atoms with van der Waals surface area (Å²) in [5.74, 6) is -0.703. The number of halogens is 2. The minimum atomic E-state index is -0.465. The molecule has 1 saturated carbocycles. The van der Waals surface area contributed by atoms with Gasteiger partial charge in [-0.1, -0.05) is 35.3 Å². The maximum Gasteiger partial charge on any atom is 0.261 e. The van der Waals surface area contributed by atoms with Crippen LogP contribution in [-0.2, 0) is 11.3 Å². The summed E-state index contributed by atoms with van der Waals surface area (Å²) >= 11 is 12.0. The molecule has 1 heterocycles. The highest BCUT2D eigenvalue weighted by Crippen LogP contribution is 2.24. The smallest absolute Gasteiger partial charge is 0.261 e. The first-order valence-corrected chi connectivity index (χ1v) is 9.72. The lowest BCUT2D eigenvalue weighted by molar-refractivity contribution is -0.116. The zero-order valence-corrected chi connectivity index (χ0v) is 16.6. The molecule has 0 spiro atoms. The molecule has 1 aromatic heterocycles. The third kappa shape index (κ3) is 4.26. The van der Waals surface area contributed by atoms with Gasteiger partial charge in [0.1, 0.15) is 6.54 Å². The number of nitrogens with one attached hydrogen (secondary N) is 2. The molecule has 2 amide bonds. The standard InChI is InChI=1S/C20H16Cl2N4O3/c21-11-7-14-18(15(22)8-11)23-10-26(20(14)29)9-17(27)25-16-4-2-1-3-13(16)19(28)24-12-5-6-12/h1-4,7-8,10,12H,5-6,9H2,(H,24,28)(H,25,27). The summed E-state index contributed by atoms with van der Waals surface area (Å²) in [6, 6.07) is 9.89. The highest BCUT2D eigenvalue weighted by atomic mass is 35.5. The molecule has 1 aliphatic rings. The van der Waals surface area contributed by atoms with Crippen molar-refractivity contribution in [2.45, 2.75) is 25.4 Å². The van der Waals surface area contributed by atoms with E-state index in [1.165, 1.54) is 18.5 Å². The number of carbonyl (C=O) groups is 2. The number of nitrogens with zero attached hydrogens (tertiary/aromatic N) is 2. The Balaban J connectivity index is 1.56. The van der Waals surface area contributed by atoms with E-state index >= 15 is 0 Å². The van der Waals surface area contributed by atoms with Gasteiger partial charge in [-0.2, -0.15) is 0 Å². The fourth-order valence-electron chi connectivity index (χ4n) is 2.93. The van der Waals surface area contributed by atoms with Crippen molar-refractivity contribution in [1.82, 2.24) is 14.9 Å². The van der Waals surface area contributed by atoms with E-state index in [0.717, 1.165) is 17.4 Å². The summed E-state index contributed by atoms with van der Waals surface area (Å²) in [5.41, 5.74) is 0.632. The molecular formula is C20H16Cl2N4O3. The van der Waals surface area contributed by atoms with Gasteiger partial charge in [-0.3, -0.25) is 19.0 Å². The molecule has 0 atom stereocenters. The number of carbonyl (C=O) groups excluding carboxylic acids is 2. The molecule has 2 N–H and O–H groups in total. The number of benzene rings is 2. The Morgan fingerprint density at radius 2 is 1.93 bits per heavy atom. The summed E-state index contributed by atoms with van der Waals surface area (Å²) < 4.78 is 1.16. The predicted octanol–water partition coefficient (Wildman–Crippen LogP) is 3.23. The zero-order chi connectivity index (χ0) is 20.5. The first kappa shape index (κ1) is 19.4. The number of amides is 2. The molecule has 4 rings (SSSR count). The number of hydrogen-bond acceptors (Lipinski definition) is 4. The van der Waals surface area contributed by atoms with Gasteiger partial charge in [-0.15, -0.1) is 0 Å². The monoisotopic (exact) mass is 430 g/mol. The molecule has 29 heavy (non-hydrogen) atoms. The molecule has 0 bridgehead atoms. The molecular weight excluding hydrogens is 415 g/mol. The van der Waals surface area contributed by atoms with Gasteiger partial charge >= 0.3 is 0 Å². The third-order valence-electron chi connectivity index (χ3n) is 4.52. The SMILES string of the molecule is O=C(Cn1cnc2c(Cl)cc(Cl)cc2c1=O)Nc1ccccc1C(=O)NC1CC1. The van der Waals surface area contributed by atoms with Crippen LogP contribution in [0.3, 0.4) is 0 Å². The Morgan fingerprint density at radius 3 is 2.69 bits per heavy atom. The molecule has 0 radical (unpaired) electrons. The molecule has 0 saturated heterocycles. The lowest BCUT2D eigenvalue weighted by Crippen LogP contribution is -2.30. The van der Waals surface area contributed by atoms with Gasteiger partial charge in [-0.05, 0) is 37.1 Å². The Kier molecular flexibility index (Phi) is 5.25. The summed E-state index contributed by atoms with van der Waals surface area (Å²) in [6.45, 7) is -0.273. The second-order valence-electron chi connectivity index (χ2n) is 6.80. The van der Waals surface area contributed by atoms with E-state index in [1.807, 2.05) is 0 Å². The quantitative estimate of drug-likeness (QED) is 0.649. The normalized spacial score (nSPS) is 13.3. The van der Waals surface area contributed by atoms with E-state index in [1.54, 1.807) is 24.3 Å². The predicted molar refractivity (Wildman–Crippen MR) is 112 cm³/mol. The van der Waals surface area contributed by atoms with Crippen LogP contribution in [0, 0.1) is 0 Å². The first-order chi connectivity index (χ1) is 13.9. The number of para-hydroxylation sites is 1. The van der Waals surface area contributed by atoms with Crippen molar-refractivity contribution < 1.29 is 9.59 Å². The maximum absolute atomic E-state index is 12.7. The Bertz CT molecular complexity index is 1190. The fraction of sp³-hybridized carbons (Fsp3) is 0.200. The topological polar surface area (TPSA) is 93.1 Å². The van der Waals surface area contributed by atoms with Gasteiger partial charge in [0, 0.05) is 11.1 Å². The van der Waals surface area contributed by atoms with E-state index in [9.17, 15) is 14.4 Å². The highest BCUT2D eigenvalue weighted by Gasteiger charge is 2.25. The van der Waals surface area contributed by atoms with Crippen LogP contribution >= 0.6 is 23.2 Å². The van der Waals surface area contributed by atoms with Crippen molar-refractivity contribution in [2.24, 2.45) is 0 Å². The highest BCUT2D eigenvalue weighted by molar-refractivity contribution is 6.38. The Labute approximate surface area is 175 Å². The number of rotatable bonds is 5. The van der Waals surface area contributed by atoms with Crippen LogP contribution in [-0.4, -0.2) is 27.4 Å². The molecule has 9 heteroatoms. The van der Waals surface area contributed by atoms with Crippen molar-refractivity contribution in [2.75, 3.05) is 5.32 Å². The molecule has 2 aromatic carbocycles. The fourth-order valence-corrected chi connectivity index (χ4v) is 3.48. The van der Waals surface area contributed by atoms with E-state index in [0.29, 0.717) is 21.8 Å². The average molecular weight is 431 g/mol. The largest absolute Gasteiger partial charge is 0.349 e. The van der Waals surface area contributed by atoms with Crippen LogP contribution in [0.1, 0.15) is 23.2 Å². The van der Waals surface area contributed by atoms with Crippen molar-refractivity contribution in [1.29, 1.82) is 0 Å². The first-order valence-electron chi connectivity index (χ1n) is 8.96. The van der Waals surface area contributed by atoms with E-state index in [4.69, 9.17) is 23.2 Å². The van der Waals surface area contributed by atoms with Crippen LogP contribution in [0.5, 0.6) is 0 Å². The van der Waals surface area contributed by atoms with Crippen molar-refractivity contribution in [3.05, 3.63) is 68.7 Å². The third-order valence-corrected chi connectivity index (χ3v) is 5.02. The van der Waals surface area contributed by atoms with Crippen LogP contribution in [0.15, 0.2) is 47.5 Å². The summed E-state index contributed by atoms with van der Waals surface area (Å²) in [5, 5.41) is 6.37. The van der Waals surface area contributed by atoms with Gasteiger partial charge in [0.2, 0.25) is 5.91 Å². The van der Waals surface area contributed by atoms with E-state index in [-0.39, 0.29) is 28.9 Å². The van der Waals surface area contributed by atoms with Gasteiger partial charge in [0.05, 0.1) is 33.5 Å². The van der Waals surface area contributed by atoms with Crippen LogP contribution < -0.4 is 16.2 Å². The van der Waals surface area contributed by atoms with Gasteiger partial charge in [0.25, 0.3) is 11.5 Å². The van der Waals surface area contributed by atoms with Gasteiger partial charge in [-0.25, -0.2) is 4.98 Å². The minimum Gasteiger partial charge on any atom is -0.349 e. The van der Waals surface area contributed by atoms with Gasteiger partial charge in [0.15, 0.2) is 0 Å². The zero-order valence-electron chi connectivity index (χ0n) is 15.1. The molecule has 1 fully saturated rings. The second-order valence-corrected chi connectivity index (χ2v) is 7.65. The number of fused-ring (bicyclic) bond motifs is 1. The number of aromatic nitrogens is 2. The molecule has 0 unspecified atom stereocenters. The molecule has 148 valence electrons. The molecule has 3 aromatic rings. The van der Waals surface area contributed by atoms with Crippen molar-refractivity contribution >= 4 is 51.6 Å². The summed E-state index contributed by atoms with van der Waals surface area (Å²) in [4.78, 5) is 41.7. The molecule has 1 aliphatic carbocycles. The lowest BCUT2D eigenvalue weighted by Gasteiger charge is -2.12. The minimum absolute atomic E-state index is 0.201. The van der Waals surface area contributed by atoms with E-state index < -0.39 is 11.5 Å². The molecule has 7 nitrogen and oxygen atoms in total. The van der Waals surface area contributed by atoms with Crippen LogP contribution in [0.25, 0.3) is 10.9 Å². The number of hydrogen-bond donors (Lipinski definition) is 2. The Morgan fingerprint density at radius 1 is 1.17 bits per heavy atom. The summed E-state index contributed by atoms with van der Waals surface area (Å²) in [6.07, 6.45) is 3.19. The molecule has 0 aliphatic heterocycles. The second kappa shape index (κ2) is 7.85. The average Bonchev–Trinajstić information content (AvgIpc) is 3.48. The number of anilines is 1. The van der Waals surface area contributed by atoms with E-state index in [2.05, 4.69) is 15.6 Å². The maximum atomic E-state index is 12.7. The van der Waals surface area contributed by atoms with Crippen molar-refractivity contribution in [3.8, 4) is 0 Å². The van der Waals surface area contributed by atoms with Crippen LogP contribution in [0.2, 0.25) is 10.0 Å². The van der Waals surface area contributed by atoms with Crippen LogP contribution in [0.4, 0.5) is 5.69 Å². The lowest BCUT2D eigenvalue weighted by atomic mass is 10.1. The van der Waals surface area contributed by atoms with Crippen molar-refractivity contribution in [3.63, 3.8) is 0 Å². The van der Waals surface area contributed by atoms with Gasteiger partial charge < -0.3 is 10.6 Å². The summed E-state index contributed by atoms with van der Waals surface area (Å²) in [7, 11) is 0.